The summed E-state index contributed by atoms with van der Waals surface area (Å²) in [6.45, 7) is 22.4. The Morgan fingerprint density at radius 1 is 0.261 bits per heavy atom. The molecule has 6 aromatic rings. The Balaban J connectivity index is 1.54. The van der Waals surface area contributed by atoms with Crippen LogP contribution in [0.2, 0.25) is 0 Å². The molecule has 0 aliphatic carbocycles. The van der Waals surface area contributed by atoms with E-state index < -0.39 is 0 Å². The van der Waals surface area contributed by atoms with Crippen molar-refractivity contribution in [3.05, 3.63) is 153 Å². The van der Waals surface area contributed by atoms with E-state index in [0.29, 0.717) is 0 Å². The zero-order valence-electron chi connectivity index (χ0n) is 29.2. The number of rotatable bonds is 5. The molecule has 0 spiro atoms. The Kier molecular flexibility index (Phi) is 8.34. The van der Waals surface area contributed by atoms with E-state index in [1.165, 1.54) is 111 Å². The van der Waals surface area contributed by atoms with E-state index in [4.69, 9.17) is 0 Å². The first-order chi connectivity index (χ1) is 21.9. The molecule has 0 saturated heterocycles. The van der Waals surface area contributed by atoms with Gasteiger partial charge < -0.3 is 0 Å². The van der Waals surface area contributed by atoms with Gasteiger partial charge in [-0.15, -0.1) is 0 Å². The van der Waals surface area contributed by atoms with Crippen molar-refractivity contribution in [2.75, 3.05) is 0 Å². The van der Waals surface area contributed by atoms with Crippen molar-refractivity contribution in [1.82, 2.24) is 0 Å². The lowest BCUT2D eigenvalue weighted by molar-refractivity contribution is 1.26. The fourth-order valence-corrected chi connectivity index (χ4v) is 7.04. The van der Waals surface area contributed by atoms with Crippen molar-refractivity contribution in [3.63, 3.8) is 0 Å². The summed E-state index contributed by atoms with van der Waals surface area (Å²) >= 11 is 0. The second kappa shape index (κ2) is 12.3. The van der Waals surface area contributed by atoms with Gasteiger partial charge in [-0.3, -0.25) is 0 Å². The topological polar surface area (TPSA) is 0 Å². The molecule has 0 saturated carbocycles. The van der Waals surface area contributed by atoms with Gasteiger partial charge in [-0.05, 0) is 205 Å². The average molecular weight is 599 g/mol. The molecule has 0 unspecified atom stereocenters. The van der Waals surface area contributed by atoms with E-state index in [-0.39, 0.29) is 0 Å². The highest BCUT2D eigenvalue weighted by atomic mass is 14.2. The van der Waals surface area contributed by atoms with E-state index in [2.05, 4.69) is 166 Å². The van der Waals surface area contributed by atoms with Crippen LogP contribution in [0.15, 0.2) is 97.1 Å². The summed E-state index contributed by atoms with van der Waals surface area (Å²) in [6, 6.07) is 36.8. The Morgan fingerprint density at radius 2 is 0.609 bits per heavy atom. The second-order valence-electron chi connectivity index (χ2n) is 13.6. The van der Waals surface area contributed by atoms with Crippen molar-refractivity contribution < 1.29 is 0 Å². The van der Waals surface area contributed by atoms with E-state index in [1.54, 1.807) is 0 Å². The third-order valence-electron chi connectivity index (χ3n) is 10.4. The quantitative estimate of drug-likeness (QED) is 0.185. The number of hydrogen-bond donors (Lipinski definition) is 0. The second-order valence-corrected chi connectivity index (χ2v) is 13.6. The molecule has 0 N–H and O–H groups in total. The first-order valence-corrected chi connectivity index (χ1v) is 16.5. The third-order valence-corrected chi connectivity index (χ3v) is 10.4. The van der Waals surface area contributed by atoms with Crippen molar-refractivity contribution in [1.29, 1.82) is 0 Å². The van der Waals surface area contributed by atoms with E-state index in [1.807, 2.05) is 0 Å². The highest BCUT2D eigenvalue weighted by Crippen LogP contribution is 2.39. The number of aryl methyl sites for hydroxylation is 7. The molecule has 0 bridgehead atoms. The van der Waals surface area contributed by atoms with Crippen molar-refractivity contribution >= 4 is 0 Å². The molecule has 0 amide bonds. The zero-order valence-corrected chi connectivity index (χ0v) is 29.2. The van der Waals surface area contributed by atoms with Gasteiger partial charge in [0.2, 0.25) is 0 Å². The van der Waals surface area contributed by atoms with Crippen molar-refractivity contribution in [3.8, 4) is 55.6 Å². The van der Waals surface area contributed by atoms with Gasteiger partial charge in [-0.25, -0.2) is 0 Å². The van der Waals surface area contributed by atoms with Crippen LogP contribution >= 0.6 is 0 Å². The van der Waals surface area contributed by atoms with Crippen molar-refractivity contribution in [2.24, 2.45) is 0 Å². The Morgan fingerprint density at radius 3 is 1.11 bits per heavy atom. The highest BCUT2D eigenvalue weighted by Gasteiger charge is 2.15. The van der Waals surface area contributed by atoms with Crippen molar-refractivity contribution in [2.45, 2.75) is 69.2 Å². The predicted octanol–water partition coefficient (Wildman–Crippen LogP) is 13.1. The predicted molar refractivity (Wildman–Crippen MR) is 201 cm³/mol. The maximum absolute atomic E-state index is 2.40. The molecule has 230 valence electrons. The smallest absolute Gasteiger partial charge is 0.0125 e. The van der Waals surface area contributed by atoms with Crippen LogP contribution in [0.5, 0.6) is 0 Å². The molecule has 0 radical (unpaired) electrons. The first-order valence-electron chi connectivity index (χ1n) is 16.5. The summed E-state index contributed by atoms with van der Waals surface area (Å²) in [6.07, 6.45) is 0. The molecule has 6 aromatic carbocycles. The van der Waals surface area contributed by atoms with Crippen LogP contribution in [0, 0.1) is 69.2 Å². The molecule has 0 fully saturated rings. The lowest BCUT2D eigenvalue weighted by atomic mass is 9.86. The van der Waals surface area contributed by atoms with Gasteiger partial charge >= 0.3 is 0 Å². The van der Waals surface area contributed by atoms with Crippen LogP contribution in [0.1, 0.15) is 55.6 Å². The first kappa shape index (κ1) is 31.3. The fourth-order valence-electron chi connectivity index (χ4n) is 7.04. The molecule has 46 heavy (non-hydrogen) atoms. The third kappa shape index (κ3) is 5.85. The standard InChI is InChI=1S/C46H46/c1-27-17-43(18-28(2)34(27)8)45-26-39(16-31(5)36(45)10)42-24-40(37-14-12-11-13-15-37)23-41(25-42)38-21-32(6)46(33(7)22-38)44-19-29(3)35(9)30(4)20-44/h11-26H,1-10H3. The minimum atomic E-state index is 1.23. The molecule has 0 aliphatic rings. The Hall–Kier alpha value is -4.68. The van der Waals surface area contributed by atoms with Gasteiger partial charge in [0, 0.05) is 0 Å². The minimum absolute atomic E-state index is 1.23. The summed E-state index contributed by atoms with van der Waals surface area (Å²) < 4.78 is 0. The van der Waals surface area contributed by atoms with Crippen LogP contribution in [-0.4, -0.2) is 0 Å². The Bertz CT molecular complexity index is 2050. The van der Waals surface area contributed by atoms with E-state index >= 15 is 0 Å². The van der Waals surface area contributed by atoms with E-state index in [0.717, 1.165) is 0 Å². The SMILES string of the molecule is Cc1cc(-c2cc(-c3cc(-c4ccccc4)cc(-c4cc(C)c(-c5cc(C)c(C)c(C)c5)c(C)c4)c3)cc(C)c2C)cc(C)c1C. The van der Waals surface area contributed by atoms with Gasteiger partial charge in [-0.2, -0.15) is 0 Å². The summed E-state index contributed by atoms with van der Waals surface area (Å²) in [7, 11) is 0. The van der Waals surface area contributed by atoms with Gasteiger partial charge in [0.05, 0.1) is 0 Å². The van der Waals surface area contributed by atoms with Gasteiger partial charge in [-0.1, -0.05) is 72.8 Å². The lowest BCUT2D eigenvalue weighted by Gasteiger charge is -2.18. The van der Waals surface area contributed by atoms with Gasteiger partial charge in [0.1, 0.15) is 0 Å². The minimum Gasteiger partial charge on any atom is -0.0622 e. The summed E-state index contributed by atoms with van der Waals surface area (Å²) in [4.78, 5) is 0. The molecule has 0 heterocycles. The number of hydrogen-bond acceptors (Lipinski definition) is 0. The molecule has 0 heteroatoms. The summed E-state index contributed by atoms with van der Waals surface area (Å²) in [5.74, 6) is 0. The maximum Gasteiger partial charge on any atom is -0.0125 e. The summed E-state index contributed by atoms with van der Waals surface area (Å²) in [5, 5.41) is 0. The zero-order chi connectivity index (χ0) is 32.9. The average Bonchev–Trinajstić information content (AvgIpc) is 3.03. The fraction of sp³-hybridized carbons (Fsp3) is 0.217. The summed E-state index contributed by atoms with van der Waals surface area (Å²) in [5.41, 5.74) is 26.1. The van der Waals surface area contributed by atoms with Crippen LogP contribution in [0.3, 0.4) is 0 Å². The van der Waals surface area contributed by atoms with Crippen LogP contribution in [-0.2, 0) is 0 Å². The van der Waals surface area contributed by atoms with Gasteiger partial charge in [0.25, 0.3) is 0 Å². The molecular weight excluding hydrogens is 553 g/mol. The normalized spacial score (nSPS) is 11.3. The molecule has 0 aromatic heterocycles. The highest BCUT2D eigenvalue weighted by molar-refractivity contribution is 5.86. The molecular formula is C46H46. The maximum atomic E-state index is 2.40. The van der Waals surface area contributed by atoms with Crippen LogP contribution < -0.4 is 0 Å². The molecule has 0 atom stereocenters. The monoisotopic (exact) mass is 598 g/mol. The molecule has 0 aliphatic heterocycles. The lowest BCUT2D eigenvalue weighted by Crippen LogP contribution is -1.95. The van der Waals surface area contributed by atoms with E-state index in [9.17, 15) is 0 Å². The largest absolute Gasteiger partial charge is 0.0622 e. The molecule has 0 nitrogen and oxygen atoms in total. The Labute approximate surface area is 276 Å². The molecule has 6 rings (SSSR count). The number of benzene rings is 6. The van der Waals surface area contributed by atoms with Crippen LogP contribution in [0.25, 0.3) is 55.6 Å². The van der Waals surface area contributed by atoms with Crippen LogP contribution in [0.4, 0.5) is 0 Å². The van der Waals surface area contributed by atoms with Gasteiger partial charge in [0.15, 0.2) is 0 Å².